The van der Waals surface area contributed by atoms with E-state index in [1.165, 1.54) is 19.6 Å². The number of carbonyl (C=O) groups is 1. The maximum Gasteiger partial charge on any atom is 0.305 e. The molecule has 2 aromatic carbocycles. The zero-order valence-corrected chi connectivity index (χ0v) is 21.3. The molecule has 4 rings (SSSR count). The Hall–Kier alpha value is -3.40. The Morgan fingerprint density at radius 1 is 1.14 bits per heavy atom. The number of hydrogen-bond donors (Lipinski definition) is 1. The van der Waals surface area contributed by atoms with Gasteiger partial charge in [0.15, 0.2) is 5.65 Å². The lowest BCUT2D eigenvalue weighted by Crippen LogP contribution is -2.16. The van der Waals surface area contributed by atoms with Crippen LogP contribution in [0.25, 0.3) is 5.65 Å². The van der Waals surface area contributed by atoms with Crippen LogP contribution in [0.5, 0.6) is 5.75 Å². The summed E-state index contributed by atoms with van der Waals surface area (Å²) in [5.74, 6) is 0.627. The van der Waals surface area contributed by atoms with Crippen molar-refractivity contribution < 1.29 is 19.4 Å². The van der Waals surface area contributed by atoms with Gasteiger partial charge in [0.2, 0.25) is 5.95 Å². The van der Waals surface area contributed by atoms with Crippen LogP contribution in [0.3, 0.4) is 0 Å². The lowest BCUT2D eigenvalue weighted by Gasteiger charge is -2.19. The van der Waals surface area contributed by atoms with E-state index in [9.17, 15) is 9.90 Å². The average molecular weight is 530 g/mol. The predicted octanol–water partition coefficient (Wildman–Crippen LogP) is 5.00. The van der Waals surface area contributed by atoms with E-state index in [1.54, 1.807) is 16.6 Å². The molecule has 2 heterocycles. The molecule has 0 aliphatic heterocycles. The quantitative estimate of drug-likeness (QED) is 0.226. The highest BCUT2D eigenvalue weighted by Crippen LogP contribution is 2.41. The summed E-state index contributed by atoms with van der Waals surface area (Å²) >= 11 is 12.8. The van der Waals surface area contributed by atoms with Gasteiger partial charge in [0, 0.05) is 24.7 Å². The van der Waals surface area contributed by atoms with Crippen LogP contribution in [0.2, 0.25) is 10.0 Å². The zero-order valence-electron chi connectivity index (χ0n) is 19.8. The van der Waals surface area contributed by atoms with E-state index in [-0.39, 0.29) is 16.0 Å². The first-order chi connectivity index (χ1) is 17.4. The molecule has 11 heteroatoms. The summed E-state index contributed by atoms with van der Waals surface area (Å²) in [6, 6.07) is 13.0. The zero-order chi connectivity index (χ0) is 25.7. The first kappa shape index (κ1) is 25.7. The lowest BCUT2D eigenvalue weighted by molar-refractivity contribution is -0.140. The van der Waals surface area contributed by atoms with Crippen LogP contribution in [0.4, 0.5) is 11.6 Å². The van der Waals surface area contributed by atoms with Crippen molar-refractivity contribution >= 4 is 46.5 Å². The molecule has 0 spiro atoms. The molecule has 0 aliphatic carbocycles. The number of unbranched alkanes of at least 4 members (excludes halogenated alkanes) is 1. The highest BCUT2D eigenvalue weighted by molar-refractivity contribution is 6.42. The molecule has 36 heavy (non-hydrogen) atoms. The lowest BCUT2D eigenvalue weighted by atomic mass is 10.0. The summed E-state index contributed by atoms with van der Waals surface area (Å²) in [6.45, 7) is 0.317. The van der Waals surface area contributed by atoms with Gasteiger partial charge in [-0.25, -0.2) is 9.97 Å². The number of halogens is 2. The van der Waals surface area contributed by atoms with E-state index in [1.807, 2.05) is 42.3 Å². The van der Waals surface area contributed by atoms with E-state index >= 15 is 0 Å². The minimum absolute atomic E-state index is 0.172. The minimum Gasteiger partial charge on any atom is -0.493 e. The molecular weight excluding hydrogens is 505 g/mol. The number of carbonyl (C=O) groups excluding carboxylic acids is 1. The Kier molecular flexibility index (Phi) is 8.25. The number of nitrogens with zero attached hydrogens (tertiary/aromatic N) is 5. The largest absolute Gasteiger partial charge is 0.493 e. The number of esters is 1. The third kappa shape index (κ3) is 5.38. The Morgan fingerprint density at radius 3 is 2.67 bits per heavy atom. The monoisotopic (exact) mass is 529 g/mol. The second kappa shape index (κ2) is 11.6. The fourth-order valence-corrected chi connectivity index (χ4v) is 4.17. The second-order valence-electron chi connectivity index (χ2n) is 7.96. The molecular formula is C25H25Cl2N5O4. The molecule has 0 saturated carbocycles. The van der Waals surface area contributed by atoms with Crippen molar-refractivity contribution in [1.82, 2.24) is 19.6 Å². The second-order valence-corrected chi connectivity index (χ2v) is 8.75. The minimum atomic E-state index is -1.22. The molecule has 1 atom stereocenters. The van der Waals surface area contributed by atoms with Crippen molar-refractivity contribution in [2.45, 2.75) is 25.4 Å². The Morgan fingerprint density at radius 2 is 1.92 bits per heavy atom. The Labute approximate surface area is 218 Å². The number of anilines is 2. The first-order valence-corrected chi connectivity index (χ1v) is 12.0. The number of aliphatic hydroxyl groups is 1. The number of hydrogen-bond acceptors (Lipinski definition) is 8. The molecule has 0 bridgehead atoms. The third-order valence-electron chi connectivity index (χ3n) is 5.68. The molecule has 9 nitrogen and oxygen atoms in total. The number of methoxy groups -OCH3 is 1. The number of benzene rings is 2. The van der Waals surface area contributed by atoms with Gasteiger partial charge in [-0.1, -0.05) is 41.4 Å². The topological polar surface area (TPSA) is 102 Å². The van der Waals surface area contributed by atoms with Crippen LogP contribution >= 0.6 is 23.2 Å². The van der Waals surface area contributed by atoms with Gasteiger partial charge < -0.3 is 19.5 Å². The maximum absolute atomic E-state index is 11.4. The van der Waals surface area contributed by atoms with Crippen molar-refractivity contribution in [1.29, 1.82) is 0 Å². The van der Waals surface area contributed by atoms with Gasteiger partial charge in [0.25, 0.3) is 0 Å². The summed E-state index contributed by atoms with van der Waals surface area (Å²) < 4.78 is 12.1. The summed E-state index contributed by atoms with van der Waals surface area (Å²) in [5.41, 5.74) is 2.05. The van der Waals surface area contributed by atoms with Crippen molar-refractivity contribution in [3.05, 3.63) is 76.2 Å². The number of rotatable bonds is 10. The van der Waals surface area contributed by atoms with Crippen molar-refractivity contribution in [3.63, 3.8) is 0 Å². The number of ether oxygens (including phenoxy) is 2. The molecule has 0 saturated heterocycles. The third-order valence-corrected chi connectivity index (χ3v) is 6.50. The summed E-state index contributed by atoms with van der Waals surface area (Å²) in [7, 11) is 3.23. The van der Waals surface area contributed by atoms with E-state index in [0.29, 0.717) is 54.3 Å². The summed E-state index contributed by atoms with van der Waals surface area (Å²) in [6.07, 6.45) is 3.25. The Balaban J connectivity index is 1.62. The van der Waals surface area contributed by atoms with Crippen LogP contribution in [0.1, 0.15) is 36.5 Å². The van der Waals surface area contributed by atoms with E-state index < -0.39 is 6.10 Å². The van der Waals surface area contributed by atoms with Crippen molar-refractivity contribution in [2.75, 3.05) is 25.7 Å². The molecule has 0 aliphatic rings. The van der Waals surface area contributed by atoms with Crippen LogP contribution < -0.4 is 9.64 Å². The normalized spacial score (nSPS) is 11.9. The predicted molar refractivity (Wildman–Crippen MR) is 137 cm³/mol. The van der Waals surface area contributed by atoms with E-state index in [0.717, 1.165) is 5.69 Å². The van der Waals surface area contributed by atoms with Crippen molar-refractivity contribution in [2.24, 2.45) is 0 Å². The molecule has 0 radical (unpaired) electrons. The molecule has 1 unspecified atom stereocenters. The highest BCUT2D eigenvalue weighted by Gasteiger charge is 2.26. The van der Waals surface area contributed by atoms with E-state index in [2.05, 4.69) is 19.8 Å². The molecule has 4 aromatic rings. The van der Waals surface area contributed by atoms with Crippen LogP contribution in [0.15, 0.2) is 55.0 Å². The smallest absolute Gasteiger partial charge is 0.305 e. The van der Waals surface area contributed by atoms with Gasteiger partial charge in [-0.05, 0) is 37.1 Å². The molecule has 0 fully saturated rings. The fraction of sp³-hybridized carbons (Fsp3) is 0.280. The average Bonchev–Trinajstić information content (AvgIpc) is 3.34. The Bertz CT molecular complexity index is 1350. The molecule has 1 N–H and O–H groups in total. The van der Waals surface area contributed by atoms with Crippen molar-refractivity contribution in [3.8, 4) is 5.75 Å². The van der Waals surface area contributed by atoms with Gasteiger partial charge in [0.05, 0.1) is 35.5 Å². The summed E-state index contributed by atoms with van der Waals surface area (Å²) in [5, 5.41) is 16.3. The fourth-order valence-electron chi connectivity index (χ4n) is 3.75. The van der Waals surface area contributed by atoms with Gasteiger partial charge in [0.1, 0.15) is 18.2 Å². The van der Waals surface area contributed by atoms with Crippen LogP contribution in [-0.2, 0) is 9.53 Å². The van der Waals surface area contributed by atoms with Crippen LogP contribution in [0, 0.1) is 0 Å². The van der Waals surface area contributed by atoms with Gasteiger partial charge in [-0.3, -0.25) is 4.79 Å². The van der Waals surface area contributed by atoms with Gasteiger partial charge in [-0.15, -0.1) is 0 Å². The van der Waals surface area contributed by atoms with E-state index in [4.69, 9.17) is 27.9 Å². The number of aromatic nitrogens is 4. The molecule has 188 valence electrons. The SMILES string of the molecule is COC(=O)CCCCOc1ccc(Cl)c(Cl)c1C(O)c1cnn2c(N(C)c3ccccc3)ncnc12. The van der Waals surface area contributed by atoms with Gasteiger partial charge >= 0.3 is 5.97 Å². The maximum atomic E-state index is 11.4. The molecule has 2 aromatic heterocycles. The standard InChI is InChI=1S/C25H25Cl2N5O4/c1-31(16-8-4-3-5-9-16)25-29-15-28-24-17(14-30-32(24)25)23(34)21-19(12-11-18(26)22(21)27)36-13-7-6-10-20(33)35-2/h3-5,8-9,11-12,14-15,23,34H,6-7,10,13H2,1-2H3. The number of aliphatic hydroxyl groups excluding tert-OH is 1. The van der Waals surface area contributed by atoms with Crippen LogP contribution in [-0.4, -0.2) is 51.4 Å². The highest BCUT2D eigenvalue weighted by atomic mass is 35.5. The number of para-hydroxylation sites is 1. The summed E-state index contributed by atoms with van der Waals surface area (Å²) in [4.78, 5) is 21.9. The molecule has 0 amide bonds. The first-order valence-electron chi connectivity index (χ1n) is 11.2. The number of fused-ring (bicyclic) bond motifs is 1. The van der Waals surface area contributed by atoms with Gasteiger partial charge in [-0.2, -0.15) is 9.61 Å².